The Hall–Kier alpha value is -1.55. The Labute approximate surface area is 108 Å². The summed E-state index contributed by atoms with van der Waals surface area (Å²) in [6, 6.07) is 5.43. The van der Waals surface area contributed by atoms with Crippen molar-refractivity contribution in [3.8, 4) is 0 Å². The highest BCUT2D eigenvalue weighted by molar-refractivity contribution is 5.94. The molecule has 1 unspecified atom stereocenters. The Bertz CT molecular complexity index is 441. The highest BCUT2D eigenvalue weighted by atomic mass is 16.5. The molecule has 18 heavy (non-hydrogen) atoms. The predicted octanol–water partition coefficient (Wildman–Crippen LogP) is 2.33. The van der Waals surface area contributed by atoms with E-state index in [0.29, 0.717) is 18.2 Å². The highest BCUT2D eigenvalue weighted by Crippen LogP contribution is 2.29. The number of nitrogens with two attached hydrogens (primary N) is 1. The molecule has 4 heteroatoms. The van der Waals surface area contributed by atoms with E-state index in [4.69, 9.17) is 10.5 Å². The zero-order chi connectivity index (χ0) is 13.1. The van der Waals surface area contributed by atoms with Gasteiger partial charge in [0.05, 0.1) is 6.61 Å². The van der Waals surface area contributed by atoms with Crippen LogP contribution >= 0.6 is 0 Å². The number of rotatable bonds is 5. The summed E-state index contributed by atoms with van der Waals surface area (Å²) in [7, 11) is 0. The number of ether oxygens (including phenoxy) is 1. The first kappa shape index (κ1) is 12.9. The molecule has 1 amide bonds. The van der Waals surface area contributed by atoms with Crippen LogP contribution < -0.4 is 11.1 Å². The fourth-order valence-electron chi connectivity index (χ4n) is 1.70. The number of nitrogen functional groups attached to an aromatic ring is 1. The highest BCUT2D eigenvalue weighted by Gasteiger charge is 2.24. The number of nitrogens with one attached hydrogen (secondary N) is 1. The Morgan fingerprint density at radius 2 is 2.28 bits per heavy atom. The van der Waals surface area contributed by atoms with Gasteiger partial charge in [0.1, 0.15) is 6.10 Å². The number of anilines is 2. The van der Waals surface area contributed by atoms with Crippen molar-refractivity contribution in [1.82, 2.24) is 0 Å². The molecule has 1 atom stereocenters. The first-order chi connectivity index (χ1) is 8.56. The molecule has 1 aromatic carbocycles. The van der Waals surface area contributed by atoms with Gasteiger partial charge in [-0.2, -0.15) is 0 Å². The lowest BCUT2D eigenvalue weighted by molar-refractivity contribution is -0.126. The minimum absolute atomic E-state index is 0.108. The molecule has 0 aliphatic heterocycles. The minimum atomic E-state index is -0.414. The number of carbonyl (C=O) groups excluding carboxylic acids is 1. The van der Waals surface area contributed by atoms with Crippen molar-refractivity contribution in [3.63, 3.8) is 0 Å². The lowest BCUT2D eigenvalue weighted by Crippen LogP contribution is -2.28. The van der Waals surface area contributed by atoms with Crippen LogP contribution in [0.15, 0.2) is 18.2 Å². The van der Waals surface area contributed by atoms with Crippen molar-refractivity contribution in [2.24, 2.45) is 5.92 Å². The van der Waals surface area contributed by atoms with Gasteiger partial charge in [-0.1, -0.05) is 0 Å². The number of hydrogen-bond acceptors (Lipinski definition) is 3. The number of benzene rings is 1. The lowest BCUT2D eigenvalue weighted by Gasteiger charge is -2.14. The number of hydrogen-bond donors (Lipinski definition) is 2. The van der Waals surface area contributed by atoms with Gasteiger partial charge in [-0.15, -0.1) is 0 Å². The largest absolute Gasteiger partial charge is 0.399 e. The predicted molar refractivity (Wildman–Crippen MR) is 72.4 cm³/mol. The second-order valence-corrected chi connectivity index (χ2v) is 4.98. The van der Waals surface area contributed by atoms with Crippen LogP contribution in [0.3, 0.4) is 0 Å². The second-order valence-electron chi connectivity index (χ2n) is 4.98. The zero-order valence-electron chi connectivity index (χ0n) is 10.9. The quantitative estimate of drug-likeness (QED) is 0.786. The molecule has 1 aliphatic carbocycles. The average molecular weight is 248 g/mol. The van der Waals surface area contributed by atoms with Crippen molar-refractivity contribution in [2.75, 3.05) is 17.7 Å². The van der Waals surface area contributed by atoms with E-state index in [9.17, 15) is 4.79 Å². The summed E-state index contributed by atoms with van der Waals surface area (Å²) in [6.45, 7) is 4.39. The van der Waals surface area contributed by atoms with Crippen molar-refractivity contribution in [1.29, 1.82) is 0 Å². The van der Waals surface area contributed by atoms with Gasteiger partial charge >= 0.3 is 0 Å². The SMILES string of the molecule is Cc1cc(N)ccc1NC(=O)C(C)OCC1CC1. The van der Waals surface area contributed by atoms with Gasteiger partial charge in [0.15, 0.2) is 0 Å². The van der Waals surface area contributed by atoms with Crippen LogP contribution in [0.2, 0.25) is 0 Å². The lowest BCUT2D eigenvalue weighted by atomic mass is 10.1. The average Bonchev–Trinajstić information content (AvgIpc) is 3.13. The van der Waals surface area contributed by atoms with Crippen LogP contribution in [0, 0.1) is 12.8 Å². The molecule has 0 aromatic heterocycles. The molecular weight excluding hydrogens is 228 g/mol. The molecule has 4 nitrogen and oxygen atoms in total. The van der Waals surface area contributed by atoms with Crippen LogP contribution in [-0.2, 0) is 9.53 Å². The van der Waals surface area contributed by atoms with Crippen molar-refractivity contribution < 1.29 is 9.53 Å². The van der Waals surface area contributed by atoms with Crippen LogP contribution in [0.5, 0.6) is 0 Å². The van der Waals surface area contributed by atoms with Gasteiger partial charge in [-0.3, -0.25) is 4.79 Å². The molecule has 1 saturated carbocycles. The van der Waals surface area contributed by atoms with Crippen LogP contribution in [0.4, 0.5) is 11.4 Å². The number of carbonyl (C=O) groups is 1. The van der Waals surface area contributed by atoms with Crippen LogP contribution in [-0.4, -0.2) is 18.6 Å². The number of amides is 1. The monoisotopic (exact) mass is 248 g/mol. The third kappa shape index (κ3) is 3.47. The minimum Gasteiger partial charge on any atom is -0.399 e. The molecule has 0 heterocycles. The zero-order valence-corrected chi connectivity index (χ0v) is 10.9. The molecular formula is C14H20N2O2. The molecule has 1 fully saturated rings. The molecule has 0 spiro atoms. The Morgan fingerprint density at radius 3 is 2.89 bits per heavy atom. The van der Waals surface area contributed by atoms with Crippen LogP contribution in [0.1, 0.15) is 25.3 Å². The molecule has 0 bridgehead atoms. The number of aryl methyl sites for hydroxylation is 1. The third-order valence-corrected chi connectivity index (χ3v) is 3.16. The van der Waals surface area contributed by atoms with E-state index in [1.165, 1.54) is 12.8 Å². The maximum absolute atomic E-state index is 11.9. The van der Waals surface area contributed by atoms with Gasteiger partial charge in [0.25, 0.3) is 5.91 Å². The first-order valence-electron chi connectivity index (χ1n) is 6.35. The molecule has 1 aromatic rings. The Kier molecular flexibility index (Phi) is 3.87. The van der Waals surface area contributed by atoms with E-state index in [-0.39, 0.29) is 5.91 Å². The smallest absolute Gasteiger partial charge is 0.253 e. The molecule has 2 rings (SSSR count). The topological polar surface area (TPSA) is 64.3 Å². The third-order valence-electron chi connectivity index (χ3n) is 3.16. The first-order valence-corrected chi connectivity index (χ1v) is 6.35. The normalized spacial score (nSPS) is 16.3. The second kappa shape index (κ2) is 5.40. The van der Waals surface area contributed by atoms with Crippen molar-refractivity contribution in [2.45, 2.75) is 32.8 Å². The molecule has 98 valence electrons. The Balaban J connectivity index is 1.88. The van der Waals surface area contributed by atoms with Gasteiger partial charge in [0.2, 0.25) is 0 Å². The summed E-state index contributed by atoms with van der Waals surface area (Å²) < 4.78 is 5.53. The molecule has 0 radical (unpaired) electrons. The fraction of sp³-hybridized carbons (Fsp3) is 0.500. The standard InChI is InChI=1S/C14H20N2O2/c1-9-7-12(15)5-6-13(9)16-14(17)10(2)18-8-11-3-4-11/h5-7,10-11H,3-4,8,15H2,1-2H3,(H,16,17). The molecule has 0 saturated heterocycles. The fourth-order valence-corrected chi connectivity index (χ4v) is 1.70. The van der Waals surface area contributed by atoms with E-state index in [2.05, 4.69) is 5.32 Å². The molecule has 3 N–H and O–H groups in total. The van der Waals surface area contributed by atoms with E-state index >= 15 is 0 Å². The van der Waals surface area contributed by atoms with E-state index < -0.39 is 6.10 Å². The van der Waals surface area contributed by atoms with Crippen LogP contribution in [0.25, 0.3) is 0 Å². The molecule has 1 aliphatic rings. The van der Waals surface area contributed by atoms with E-state index in [1.807, 2.05) is 19.1 Å². The summed E-state index contributed by atoms with van der Waals surface area (Å²) in [6.07, 6.45) is 2.04. The summed E-state index contributed by atoms with van der Waals surface area (Å²) in [4.78, 5) is 11.9. The maximum Gasteiger partial charge on any atom is 0.253 e. The summed E-state index contributed by atoms with van der Waals surface area (Å²) >= 11 is 0. The van der Waals surface area contributed by atoms with E-state index in [0.717, 1.165) is 11.3 Å². The van der Waals surface area contributed by atoms with Gasteiger partial charge < -0.3 is 15.8 Å². The van der Waals surface area contributed by atoms with Gasteiger partial charge in [0, 0.05) is 11.4 Å². The van der Waals surface area contributed by atoms with Crippen molar-refractivity contribution >= 4 is 17.3 Å². The van der Waals surface area contributed by atoms with Gasteiger partial charge in [-0.25, -0.2) is 0 Å². The Morgan fingerprint density at radius 1 is 1.56 bits per heavy atom. The van der Waals surface area contributed by atoms with Gasteiger partial charge in [-0.05, 0) is 56.4 Å². The van der Waals surface area contributed by atoms with E-state index in [1.54, 1.807) is 13.0 Å². The maximum atomic E-state index is 11.9. The summed E-state index contributed by atoms with van der Waals surface area (Å²) in [5.41, 5.74) is 8.11. The van der Waals surface area contributed by atoms with Crippen molar-refractivity contribution in [3.05, 3.63) is 23.8 Å². The summed E-state index contributed by atoms with van der Waals surface area (Å²) in [5, 5.41) is 2.86. The summed E-state index contributed by atoms with van der Waals surface area (Å²) in [5.74, 6) is 0.557.